The van der Waals surface area contributed by atoms with E-state index in [1.165, 1.54) is 0 Å². The van der Waals surface area contributed by atoms with Crippen molar-refractivity contribution >= 4 is 0 Å². The fourth-order valence-corrected chi connectivity index (χ4v) is 0.875. The van der Waals surface area contributed by atoms with E-state index < -0.39 is 0 Å². The average molecular weight is 126 g/mol. The van der Waals surface area contributed by atoms with Crippen LogP contribution < -0.4 is 5.69 Å². The number of rotatable bonds is 1. The van der Waals surface area contributed by atoms with Crippen LogP contribution in [0.1, 0.15) is 12.6 Å². The molecule has 0 atom stereocenters. The average Bonchev–Trinajstić information content (AvgIpc) is 2.12. The topological polar surface area (TPSA) is 37.8 Å². The minimum absolute atomic E-state index is 0.0185. The van der Waals surface area contributed by atoms with Gasteiger partial charge in [-0.2, -0.15) is 0 Å². The van der Waals surface area contributed by atoms with Crippen molar-refractivity contribution < 1.29 is 0 Å². The Labute approximate surface area is 53.3 Å². The summed E-state index contributed by atoms with van der Waals surface area (Å²) in [7, 11) is 0. The molecule has 1 heterocycles. The Kier molecular flexibility index (Phi) is 1.42. The highest BCUT2D eigenvalue weighted by Gasteiger charge is 1.95. The Morgan fingerprint density at radius 2 is 2.44 bits per heavy atom. The summed E-state index contributed by atoms with van der Waals surface area (Å²) in [5.74, 6) is 0. The van der Waals surface area contributed by atoms with Crippen LogP contribution in [0.2, 0.25) is 0 Å². The van der Waals surface area contributed by atoms with Crippen molar-refractivity contribution in [3.05, 3.63) is 22.4 Å². The van der Waals surface area contributed by atoms with Gasteiger partial charge in [-0.05, 0) is 13.8 Å². The molecule has 1 rings (SSSR count). The van der Waals surface area contributed by atoms with Crippen LogP contribution in [-0.2, 0) is 6.54 Å². The van der Waals surface area contributed by atoms with E-state index in [9.17, 15) is 4.79 Å². The molecule has 50 valence electrons. The summed E-state index contributed by atoms with van der Waals surface area (Å²) in [6.45, 7) is 4.60. The van der Waals surface area contributed by atoms with Crippen LogP contribution in [0.4, 0.5) is 0 Å². The predicted molar refractivity (Wildman–Crippen MR) is 35.5 cm³/mol. The number of hydrogen-bond acceptors (Lipinski definition) is 1. The summed E-state index contributed by atoms with van der Waals surface area (Å²) >= 11 is 0. The van der Waals surface area contributed by atoms with Crippen molar-refractivity contribution in [2.24, 2.45) is 0 Å². The second-order valence-corrected chi connectivity index (χ2v) is 1.98. The fraction of sp³-hybridized carbons (Fsp3) is 0.500. The van der Waals surface area contributed by atoms with Crippen molar-refractivity contribution in [2.75, 3.05) is 0 Å². The van der Waals surface area contributed by atoms with Gasteiger partial charge in [-0.15, -0.1) is 0 Å². The van der Waals surface area contributed by atoms with E-state index in [2.05, 4.69) is 4.98 Å². The largest absolute Gasteiger partial charge is 0.325 e. The number of aromatic amines is 1. The second-order valence-electron chi connectivity index (χ2n) is 1.98. The van der Waals surface area contributed by atoms with E-state index in [-0.39, 0.29) is 5.69 Å². The molecule has 0 saturated carbocycles. The number of nitrogens with zero attached hydrogens (tertiary/aromatic N) is 1. The minimum atomic E-state index is -0.0185. The van der Waals surface area contributed by atoms with Gasteiger partial charge >= 0.3 is 5.69 Å². The number of H-pyrrole nitrogens is 1. The first kappa shape index (κ1) is 6.13. The highest BCUT2D eigenvalue weighted by atomic mass is 16.1. The van der Waals surface area contributed by atoms with Gasteiger partial charge in [0, 0.05) is 18.4 Å². The molecule has 0 amide bonds. The molecule has 1 aromatic rings. The summed E-state index contributed by atoms with van der Waals surface area (Å²) in [5, 5.41) is 0. The number of hydrogen-bond donors (Lipinski definition) is 1. The van der Waals surface area contributed by atoms with Crippen molar-refractivity contribution in [3.8, 4) is 0 Å². The molecule has 0 radical (unpaired) electrons. The van der Waals surface area contributed by atoms with Crippen LogP contribution in [0.15, 0.2) is 11.0 Å². The van der Waals surface area contributed by atoms with E-state index in [1.807, 2.05) is 13.8 Å². The molecule has 0 aliphatic carbocycles. The lowest BCUT2D eigenvalue weighted by Crippen LogP contribution is -2.16. The summed E-state index contributed by atoms with van der Waals surface area (Å²) in [5.41, 5.74) is 0.970. The Morgan fingerprint density at radius 3 is 2.67 bits per heavy atom. The van der Waals surface area contributed by atoms with Gasteiger partial charge in [0.25, 0.3) is 0 Å². The van der Waals surface area contributed by atoms with Crippen LogP contribution >= 0.6 is 0 Å². The Hall–Kier alpha value is -0.990. The van der Waals surface area contributed by atoms with Crippen LogP contribution in [-0.4, -0.2) is 9.55 Å². The molecule has 3 nitrogen and oxygen atoms in total. The number of nitrogens with one attached hydrogen (secondary N) is 1. The summed E-state index contributed by atoms with van der Waals surface area (Å²) in [4.78, 5) is 13.4. The van der Waals surface area contributed by atoms with Gasteiger partial charge in [0.1, 0.15) is 0 Å². The van der Waals surface area contributed by atoms with Gasteiger partial charge in [-0.3, -0.25) is 4.57 Å². The van der Waals surface area contributed by atoms with E-state index in [1.54, 1.807) is 10.8 Å². The normalized spacial score (nSPS) is 10.0. The van der Waals surface area contributed by atoms with Crippen molar-refractivity contribution in [1.82, 2.24) is 9.55 Å². The van der Waals surface area contributed by atoms with Crippen molar-refractivity contribution in [1.29, 1.82) is 0 Å². The lowest BCUT2D eigenvalue weighted by Gasteiger charge is -1.94. The lowest BCUT2D eigenvalue weighted by atomic mass is 10.5. The second kappa shape index (κ2) is 2.09. The molecule has 0 unspecified atom stereocenters. The molecule has 0 aliphatic rings. The zero-order valence-electron chi connectivity index (χ0n) is 5.64. The molecular formula is C6H10N2O. The van der Waals surface area contributed by atoms with E-state index >= 15 is 0 Å². The fourth-order valence-electron chi connectivity index (χ4n) is 0.875. The number of aryl methyl sites for hydroxylation is 1. The standard InChI is InChI=1S/C6H10N2O/c1-3-8-5(2)4-7-6(8)9/h4H,3H2,1-2H3,(H,7,9). The first-order chi connectivity index (χ1) is 4.25. The van der Waals surface area contributed by atoms with Crippen LogP contribution in [0.25, 0.3) is 0 Å². The SMILES string of the molecule is CCn1c(C)c[nH]c1=O. The monoisotopic (exact) mass is 126 g/mol. The van der Waals surface area contributed by atoms with Gasteiger partial charge in [0.05, 0.1) is 0 Å². The molecule has 0 aliphatic heterocycles. The molecule has 1 aromatic heterocycles. The third kappa shape index (κ3) is 0.896. The van der Waals surface area contributed by atoms with Crippen molar-refractivity contribution in [2.45, 2.75) is 20.4 Å². The van der Waals surface area contributed by atoms with Gasteiger partial charge in [-0.1, -0.05) is 0 Å². The molecular weight excluding hydrogens is 116 g/mol. The zero-order chi connectivity index (χ0) is 6.85. The Bertz CT molecular complexity index is 246. The molecule has 0 spiro atoms. The summed E-state index contributed by atoms with van der Waals surface area (Å²) in [6.07, 6.45) is 1.71. The quantitative estimate of drug-likeness (QED) is 0.584. The zero-order valence-corrected chi connectivity index (χ0v) is 5.64. The third-order valence-corrected chi connectivity index (χ3v) is 1.39. The maximum Gasteiger partial charge on any atom is 0.325 e. The molecule has 0 bridgehead atoms. The van der Waals surface area contributed by atoms with Crippen molar-refractivity contribution in [3.63, 3.8) is 0 Å². The lowest BCUT2D eigenvalue weighted by molar-refractivity contribution is 0.708. The van der Waals surface area contributed by atoms with Gasteiger partial charge < -0.3 is 4.98 Å². The number of imidazole rings is 1. The summed E-state index contributed by atoms with van der Waals surface area (Å²) in [6, 6.07) is 0. The Balaban J connectivity index is 3.23. The van der Waals surface area contributed by atoms with E-state index in [4.69, 9.17) is 0 Å². The van der Waals surface area contributed by atoms with Gasteiger partial charge in [-0.25, -0.2) is 4.79 Å². The maximum absolute atomic E-state index is 10.8. The maximum atomic E-state index is 10.8. The van der Waals surface area contributed by atoms with Crippen LogP contribution in [0.5, 0.6) is 0 Å². The first-order valence-electron chi connectivity index (χ1n) is 3.00. The molecule has 0 fully saturated rings. The van der Waals surface area contributed by atoms with E-state index in [0.717, 1.165) is 12.2 Å². The highest BCUT2D eigenvalue weighted by Crippen LogP contribution is 1.88. The highest BCUT2D eigenvalue weighted by molar-refractivity contribution is 4.93. The molecule has 1 N–H and O–H groups in total. The van der Waals surface area contributed by atoms with E-state index in [0.29, 0.717) is 0 Å². The van der Waals surface area contributed by atoms with Crippen LogP contribution in [0, 0.1) is 6.92 Å². The molecule has 3 heteroatoms. The van der Waals surface area contributed by atoms with Gasteiger partial charge in [0.2, 0.25) is 0 Å². The first-order valence-corrected chi connectivity index (χ1v) is 3.00. The molecule has 0 saturated heterocycles. The van der Waals surface area contributed by atoms with Crippen LogP contribution in [0.3, 0.4) is 0 Å². The predicted octanol–water partition coefficient (Wildman–Crippen LogP) is 0.505. The van der Waals surface area contributed by atoms with Gasteiger partial charge in [0.15, 0.2) is 0 Å². The minimum Gasteiger partial charge on any atom is -0.312 e. The summed E-state index contributed by atoms with van der Waals surface area (Å²) < 4.78 is 1.68. The Morgan fingerprint density at radius 1 is 1.78 bits per heavy atom. The molecule has 9 heavy (non-hydrogen) atoms. The number of aromatic nitrogens is 2. The smallest absolute Gasteiger partial charge is 0.312 e. The third-order valence-electron chi connectivity index (χ3n) is 1.39. The molecule has 0 aromatic carbocycles.